The van der Waals surface area contributed by atoms with Gasteiger partial charge in [-0.25, -0.2) is 9.78 Å². The standard InChI is InChI=1S/C5H8N2O.CH2O3.H4Si/c1-4(8)5-6-2-3-7-5;2-1(3)4;/h2-4,8H,1H3,(H,6,7);(H2,2,3,4);1H4. The molecule has 0 bridgehead atoms. The van der Waals surface area contributed by atoms with E-state index < -0.39 is 12.3 Å². The van der Waals surface area contributed by atoms with Crippen LogP contribution >= 0.6 is 0 Å². The van der Waals surface area contributed by atoms with Crippen LogP contribution in [0.25, 0.3) is 0 Å². The molecule has 0 aromatic carbocycles. The Morgan fingerprint density at radius 3 is 2.23 bits per heavy atom. The van der Waals surface area contributed by atoms with Crippen molar-refractivity contribution in [1.82, 2.24) is 9.97 Å². The minimum atomic E-state index is -1.83. The van der Waals surface area contributed by atoms with E-state index in [0.29, 0.717) is 5.82 Å². The van der Waals surface area contributed by atoms with E-state index >= 15 is 0 Å². The first kappa shape index (κ1) is 14.2. The predicted molar refractivity (Wildman–Crippen MR) is 51.2 cm³/mol. The summed E-state index contributed by atoms with van der Waals surface area (Å²) in [6.45, 7) is 1.67. The third-order valence-electron chi connectivity index (χ3n) is 0.915. The van der Waals surface area contributed by atoms with Gasteiger partial charge in [-0.3, -0.25) is 0 Å². The Morgan fingerprint density at radius 2 is 2.08 bits per heavy atom. The Kier molecular flexibility index (Phi) is 7.99. The van der Waals surface area contributed by atoms with E-state index in [1.54, 1.807) is 19.3 Å². The average molecular weight is 206 g/mol. The summed E-state index contributed by atoms with van der Waals surface area (Å²) in [5.74, 6) is 0.616. The first-order chi connectivity index (χ1) is 5.54. The quantitative estimate of drug-likeness (QED) is 0.452. The predicted octanol–water partition coefficient (Wildman–Crippen LogP) is -0.766. The van der Waals surface area contributed by atoms with Crippen LogP contribution in [-0.2, 0) is 0 Å². The Labute approximate surface area is 79.3 Å². The van der Waals surface area contributed by atoms with Gasteiger partial charge >= 0.3 is 6.16 Å². The van der Waals surface area contributed by atoms with Gasteiger partial charge < -0.3 is 20.3 Å². The van der Waals surface area contributed by atoms with Crippen LogP contribution in [0.4, 0.5) is 4.79 Å². The number of aromatic amines is 1. The van der Waals surface area contributed by atoms with E-state index in [4.69, 9.17) is 20.1 Å². The SMILES string of the molecule is CC(O)c1ncc[nH]1.O=C(O)O.[SiH4]. The van der Waals surface area contributed by atoms with Gasteiger partial charge in [0.05, 0.1) is 0 Å². The maximum atomic E-state index is 8.82. The third-order valence-corrected chi connectivity index (χ3v) is 0.915. The molecule has 76 valence electrons. The highest BCUT2D eigenvalue weighted by Gasteiger charge is 1.98. The van der Waals surface area contributed by atoms with Gasteiger partial charge in [0.2, 0.25) is 0 Å². The van der Waals surface area contributed by atoms with Crippen LogP contribution in [-0.4, -0.2) is 42.4 Å². The van der Waals surface area contributed by atoms with Crippen molar-refractivity contribution in [2.45, 2.75) is 13.0 Å². The number of imidazole rings is 1. The zero-order valence-corrected chi connectivity index (χ0v) is 6.43. The van der Waals surface area contributed by atoms with Crippen molar-refractivity contribution in [1.29, 1.82) is 0 Å². The highest BCUT2D eigenvalue weighted by atomic mass is 28.1. The Morgan fingerprint density at radius 1 is 1.62 bits per heavy atom. The molecule has 1 unspecified atom stereocenters. The summed E-state index contributed by atoms with van der Waals surface area (Å²) in [7, 11) is 0. The van der Waals surface area contributed by atoms with Crippen molar-refractivity contribution < 1.29 is 20.1 Å². The molecule has 0 fully saturated rings. The van der Waals surface area contributed by atoms with Gasteiger partial charge in [0, 0.05) is 12.4 Å². The average Bonchev–Trinajstić information content (AvgIpc) is 2.34. The monoisotopic (exact) mass is 206 g/mol. The number of carbonyl (C=O) groups is 1. The molecule has 1 heterocycles. The van der Waals surface area contributed by atoms with Crippen molar-refractivity contribution in [2.75, 3.05) is 0 Å². The molecule has 13 heavy (non-hydrogen) atoms. The van der Waals surface area contributed by atoms with Gasteiger partial charge in [-0.15, -0.1) is 0 Å². The second kappa shape index (κ2) is 7.31. The summed E-state index contributed by atoms with van der Waals surface area (Å²) < 4.78 is 0. The van der Waals surface area contributed by atoms with Crippen LogP contribution in [0, 0.1) is 0 Å². The number of nitrogens with zero attached hydrogens (tertiary/aromatic N) is 1. The molecular weight excluding hydrogens is 192 g/mol. The maximum Gasteiger partial charge on any atom is 0.503 e. The van der Waals surface area contributed by atoms with Crippen molar-refractivity contribution in [3.05, 3.63) is 18.2 Å². The lowest BCUT2D eigenvalue weighted by Crippen LogP contribution is -1.91. The summed E-state index contributed by atoms with van der Waals surface area (Å²) in [6, 6.07) is 0. The molecule has 0 saturated heterocycles. The van der Waals surface area contributed by atoms with Crippen molar-refractivity contribution in [3.8, 4) is 0 Å². The third kappa shape index (κ3) is 8.56. The number of H-pyrrole nitrogens is 1. The summed E-state index contributed by atoms with van der Waals surface area (Å²) in [4.78, 5) is 15.1. The normalized spacial score (nSPS) is 10.3. The molecule has 0 aliphatic heterocycles. The van der Waals surface area contributed by atoms with Crippen molar-refractivity contribution in [3.63, 3.8) is 0 Å². The number of hydrogen-bond donors (Lipinski definition) is 4. The maximum absolute atomic E-state index is 8.82. The molecule has 1 aromatic heterocycles. The molecule has 4 N–H and O–H groups in total. The van der Waals surface area contributed by atoms with E-state index in [2.05, 4.69) is 9.97 Å². The molecule has 1 aromatic rings. The molecule has 0 aliphatic rings. The van der Waals surface area contributed by atoms with Crippen LogP contribution < -0.4 is 0 Å². The molecule has 7 heteroatoms. The fourth-order valence-electron chi connectivity index (χ4n) is 0.506. The Hall–Kier alpha value is -1.34. The lowest BCUT2D eigenvalue weighted by atomic mass is 10.4. The van der Waals surface area contributed by atoms with E-state index in [9.17, 15) is 0 Å². The van der Waals surface area contributed by atoms with Crippen molar-refractivity contribution in [2.24, 2.45) is 0 Å². The largest absolute Gasteiger partial charge is 0.503 e. The number of aromatic nitrogens is 2. The fraction of sp³-hybridized carbons (Fsp3) is 0.333. The number of aliphatic hydroxyl groups excluding tert-OH is 1. The molecule has 6 nitrogen and oxygen atoms in total. The molecule has 0 radical (unpaired) electrons. The molecule has 0 aliphatic carbocycles. The summed E-state index contributed by atoms with van der Waals surface area (Å²) >= 11 is 0. The smallest absolute Gasteiger partial charge is 0.450 e. The summed E-state index contributed by atoms with van der Waals surface area (Å²) in [5.41, 5.74) is 0. The molecule has 1 rings (SSSR count). The number of aliphatic hydroxyl groups is 1. The van der Waals surface area contributed by atoms with Crippen LogP contribution in [0.15, 0.2) is 12.4 Å². The molecule has 0 amide bonds. The molecular formula is C6H14N2O4Si. The minimum Gasteiger partial charge on any atom is -0.450 e. The number of carboxylic acid groups (broad SMARTS) is 2. The Bertz CT molecular complexity index is 221. The van der Waals surface area contributed by atoms with Crippen molar-refractivity contribution >= 4 is 17.1 Å². The van der Waals surface area contributed by atoms with Crippen LogP contribution in [0.2, 0.25) is 0 Å². The lowest BCUT2D eigenvalue weighted by molar-refractivity contribution is 0.137. The number of rotatable bonds is 1. The second-order valence-electron chi connectivity index (χ2n) is 1.93. The van der Waals surface area contributed by atoms with Crippen LogP contribution in [0.1, 0.15) is 18.9 Å². The van der Waals surface area contributed by atoms with Crippen LogP contribution in [0.3, 0.4) is 0 Å². The second-order valence-corrected chi connectivity index (χ2v) is 1.93. The zero-order chi connectivity index (χ0) is 9.56. The van der Waals surface area contributed by atoms with E-state index in [1.165, 1.54) is 0 Å². The summed E-state index contributed by atoms with van der Waals surface area (Å²) in [5, 5.41) is 22.8. The van der Waals surface area contributed by atoms with Gasteiger partial charge in [0.15, 0.2) is 0 Å². The van der Waals surface area contributed by atoms with Gasteiger partial charge in [-0.2, -0.15) is 0 Å². The van der Waals surface area contributed by atoms with E-state index in [1.807, 2.05) is 0 Å². The lowest BCUT2D eigenvalue weighted by Gasteiger charge is -1.94. The van der Waals surface area contributed by atoms with Gasteiger partial charge in [-0.05, 0) is 17.9 Å². The highest BCUT2D eigenvalue weighted by Crippen LogP contribution is 2.01. The minimum absolute atomic E-state index is 0. The van der Waals surface area contributed by atoms with Gasteiger partial charge in [0.25, 0.3) is 0 Å². The topological polar surface area (TPSA) is 106 Å². The first-order valence-corrected chi connectivity index (χ1v) is 3.13. The highest BCUT2D eigenvalue weighted by molar-refractivity contribution is 5.75. The van der Waals surface area contributed by atoms with Gasteiger partial charge in [-0.1, -0.05) is 0 Å². The van der Waals surface area contributed by atoms with E-state index in [0.717, 1.165) is 0 Å². The fourth-order valence-corrected chi connectivity index (χ4v) is 0.506. The van der Waals surface area contributed by atoms with E-state index in [-0.39, 0.29) is 11.0 Å². The Balaban J connectivity index is 0. The van der Waals surface area contributed by atoms with Crippen LogP contribution in [0.5, 0.6) is 0 Å². The molecule has 0 spiro atoms. The first-order valence-electron chi connectivity index (χ1n) is 3.13. The van der Waals surface area contributed by atoms with Gasteiger partial charge in [0.1, 0.15) is 11.9 Å². The number of nitrogens with one attached hydrogen (secondary N) is 1. The number of hydrogen-bond acceptors (Lipinski definition) is 3. The zero-order valence-electron chi connectivity index (χ0n) is 6.43. The molecule has 0 saturated carbocycles. The summed E-state index contributed by atoms with van der Waals surface area (Å²) in [6.07, 6.45) is 0.981. The molecule has 1 atom stereocenters.